The Morgan fingerprint density at radius 3 is 2.79 bits per heavy atom. The molecule has 1 aromatic heterocycles. The zero-order valence-electron chi connectivity index (χ0n) is 15.1. The topological polar surface area (TPSA) is 42.4 Å². The number of nitrogens with zero attached hydrogens (tertiary/aromatic N) is 2. The van der Waals surface area contributed by atoms with Crippen LogP contribution in [-0.2, 0) is 10.9 Å². The molecule has 3 aromatic rings. The van der Waals surface area contributed by atoms with Gasteiger partial charge in [0.25, 0.3) is 5.91 Å². The van der Waals surface area contributed by atoms with E-state index in [4.69, 9.17) is 4.74 Å². The first-order valence-electron chi connectivity index (χ1n) is 8.98. The van der Waals surface area contributed by atoms with Crippen LogP contribution in [0.4, 0.5) is 22.7 Å². The van der Waals surface area contributed by atoms with Crippen LogP contribution < -0.4 is 4.90 Å². The third kappa shape index (κ3) is 4.25. The van der Waals surface area contributed by atoms with E-state index < -0.39 is 23.5 Å². The molecule has 0 saturated carbocycles. The molecule has 1 aliphatic rings. The Kier molecular flexibility index (Phi) is 5.26. The first-order valence-corrected chi connectivity index (χ1v) is 9.80. The molecule has 1 amide bonds. The molecule has 4 rings (SSSR count). The lowest BCUT2D eigenvalue weighted by Gasteiger charge is -2.23. The lowest BCUT2D eigenvalue weighted by molar-refractivity contribution is -0.137. The third-order valence-electron chi connectivity index (χ3n) is 4.66. The zero-order valence-corrected chi connectivity index (χ0v) is 15.9. The highest BCUT2D eigenvalue weighted by molar-refractivity contribution is 7.22. The summed E-state index contributed by atoms with van der Waals surface area (Å²) in [6.45, 7) is 0.735. The maximum Gasteiger partial charge on any atom is 0.416 e. The number of thiazole rings is 1. The van der Waals surface area contributed by atoms with E-state index in [1.54, 1.807) is 0 Å². The van der Waals surface area contributed by atoms with Gasteiger partial charge >= 0.3 is 6.18 Å². The third-order valence-corrected chi connectivity index (χ3v) is 5.70. The molecule has 152 valence electrons. The quantitative estimate of drug-likeness (QED) is 0.535. The highest BCUT2D eigenvalue weighted by Gasteiger charge is 2.32. The fraction of sp³-hybridized carbons (Fsp3) is 0.300. The molecule has 1 aliphatic heterocycles. The summed E-state index contributed by atoms with van der Waals surface area (Å²) in [4.78, 5) is 18.9. The number of hydrogen-bond donors (Lipinski definition) is 0. The molecule has 1 atom stereocenters. The molecule has 0 N–H and O–H groups in total. The fourth-order valence-corrected chi connectivity index (χ4v) is 4.22. The van der Waals surface area contributed by atoms with Crippen LogP contribution in [0.1, 0.15) is 28.8 Å². The van der Waals surface area contributed by atoms with Crippen LogP contribution in [0.25, 0.3) is 10.2 Å². The highest BCUT2D eigenvalue weighted by atomic mass is 32.1. The summed E-state index contributed by atoms with van der Waals surface area (Å²) in [5, 5.41) is 0.295. The lowest BCUT2D eigenvalue weighted by Crippen LogP contribution is -2.37. The molecule has 1 saturated heterocycles. The number of rotatable bonds is 4. The first-order chi connectivity index (χ1) is 13.8. The van der Waals surface area contributed by atoms with E-state index in [9.17, 15) is 22.4 Å². The van der Waals surface area contributed by atoms with Gasteiger partial charge in [0.15, 0.2) is 5.13 Å². The number of anilines is 1. The van der Waals surface area contributed by atoms with E-state index >= 15 is 0 Å². The maximum absolute atomic E-state index is 13.5. The van der Waals surface area contributed by atoms with E-state index in [1.807, 2.05) is 0 Å². The van der Waals surface area contributed by atoms with Crippen LogP contribution in [0, 0.1) is 5.82 Å². The maximum atomic E-state index is 13.5. The summed E-state index contributed by atoms with van der Waals surface area (Å²) < 4.78 is 58.9. The van der Waals surface area contributed by atoms with E-state index in [-0.39, 0.29) is 18.2 Å². The monoisotopic (exact) mass is 424 g/mol. The standard InChI is InChI=1S/C20H16F4N2O2S/c21-14-6-7-16-17(10-14)29-19(25-16)26(11-15-5-2-8-28-15)18(27)12-3-1-4-13(9-12)20(22,23)24/h1,3-4,6-7,9-10,15H,2,5,8,11H2. The number of fused-ring (bicyclic) bond motifs is 1. The Morgan fingerprint density at radius 1 is 1.24 bits per heavy atom. The van der Waals surface area contributed by atoms with E-state index in [2.05, 4.69) is 4.98 Å². The predicted molar refractivity (Wildman–Crippen MR) is 102 cm³/mol. The molecule has 29 heavy (non-hydrogen) atoms. The Morgan fingerprint density at radius 2 is 2.07 bits per heavy atom. The molecule has 1 fully saturated rings. The van der Waals surface area contributed by atoms with E-state index in [0.29, 0.717) is 22.0 Å². The minimum absolute atomic E-state index is 0.0942. The molecule has 0 spiro atoms. The van der Waals surface area contributed by atoms with Crippen molar-refractivity contribution in [2.45, 2.75) is 25.1 Å². The highest BCUT2D eigenvalue weighted by Crippen LogP contribution is 2.33. The molecular weight excluding hydrogens is 408 g/mol. The van der Waals surface area contributed by atoms with Gasteiger partial charge in [0.05, 0.1) is 28.4 Å². The number of benzene rings is 2. The summed E-state index contributed by atoms with van der Waals surface area (Å²) in [6, 6.07) is 8.38. The van der Waals surface area contributed by atoms with Crippen molar-refractivity contribution in [3.8, 4) is 0 Å². The van der Waals surface area contributed by atoms with Crippen LogP contribution in [0.5, 0.6) is 0 Å². The summed E-state index contributed by atoms with van der Waals surface area (Å²) >= 11 is 1.11. The normalized spacial score (nSPS) is 17.0. The van der Waals surface area contributed by atoms with Gasteiger partial charge in [0.1, 0.15) is 5.82 Å². The van der Waals surface area contributed by atoms with E-state index in [0.717, 1.165) is 36.3 Å². The zero-order chi connectivity index (χ0) is 20.6. The lowest BCUT2D eigenvalue weighted by atomic mass is 10.1. The van der Waals surface area contributed by atoms with Crippen molar-refractivity contribution in [1.29, 1.82) is 0 Å². The Labute approximate surface area is 167 Å². The fourth-order valence-electron chi connectivity index (χ4n) is 3.23. The molecule has 0 bridgehead atoms. The van der Waals surface area contributed by atoms with Crippen molar-refractivity contribution in [2.24, 2.45) is 0 Å². The molecular formula is C20H16F4N2O2S. The Balaban J connectivity index is 1.72. The van der Waals surface area contributed by atoms with Gasteiger partial charge in [-0.3, -0.25) is 9.69 Å². The number of carbonyl (C=O) groups excluding carboxylic acids is 1. The number of aromatic nitrogens is 1. The van der Waals surface area contributed by atoms with Crippen molar-refractivity contribution in [3.05, 3.63) is 59.4 Å². The Bertz CT molecular complexity index is 1040. The molecule has 0 radical (unpaired) electrons. The van der Waals surface area contributed by atoms with Crippen LogP contribution >= 0.6 is 11.3 Å². The second kappa shape index (κ2) is 7.72. The summed E-state index contributed by atoms with van der Waals surface area (Å²) in [5.74, 6) is -1.03. The number of halogens is 4. The van der Waals surface area contributed by atoms with Gasteiger partial charge in [-0.05, 0) is 49.2 Å². The summed E-state index contributed by atoms with van der Waals surface area (Å²) in [6.07, 6.45) is -3.19. The second-order valence-electron chi connectivity index (χ2n) is 6.74. The van der Waals surface area contributed by atoms with Gasteiger partial charge in [0.2, 0.25) is 0 Å². The molecule has 9 heteroatoms. The van der Waals surface area contributed by atoms with Crippen molar-refractivity contribution < 1.29 is 27.1 Å². The van der Waals surface area contributed by atoms with Gasteiger partial charge < -0.3 is 4.74 Å². The van der Waals surface area contributed by atoms with Crippen molar-refractivity contribution in [3.63, 3.8) is 0 Å². The van der Waals surface area contributed by atoms with Gasteiger partial charge in [-0.25, -0.2) is 9.37 Å². The van der Waals surface area contributed by atoms with E-state index in [1.165, 1.54) is 35.2 Å². The molecule has 2 heterocycles. The number of carbonyl (C=O) groups is 1. The summed E-state index contributed by atoms with van der Waals surface area (Å²) in [7, 11) is 0. The summed E-state index contributed by atoms with van der Waals surface area (Å²) in [5.41, 5.74) is -0.476. The molecule has 0 aliphatic carbocycles. The van der Waals surface area contributed by atoms with Crippen molar-refractivity contribution in [1.82, 2.24) is 4.98 Å². The predicted octanol–water partition coefficient (Wildman–Crippen LogP) is 5.28. The molecule has 4 nitrogen and oxygen atoms in total. The number of alkyl halides is 3. The minimum Gasteiger partial charge on any atom is -0.376 e. The number of amides is 1. The van der Waals surface area contributed by atoms with Gasteiger partial charge in [-0.1, -0.05) is 17.4 Å². The molecule has 2 aromatic carbocycles. The van der Waals surface area contributed by atoms with Crippen LogP contribution in [0.3, 0.4) is 0 Å². The average molecular weight is 424 g/mol. The number of ether oxygens (including phenoxy) is 1. The minimum atomic E-state index is -4.55. The SMILES string of the molecule is O=C(c1cccc(C(F)(F)F)c1)N(CC1CCCO1)c1nc2ccc(F)cc2s1. The van der Waals surface area contributed by atoms with Crippen LogP contribution in [0.15, 0.2) is 42.5 Å². The largest absolute Gasteiger partial charge is 0.416 e. The van der Waals surface area contributed by atoms with Crippen LogP contribution in [0.2, 0.25) is 0 Å². The van der Waals surface area contributed by atoms with Gasteiger partial charge in [-0.15, -0.1) is 0 Å². The van der Waals surface area contributed by atoms with Gasteiger partial charge in [-0.2, -0.15) is 13.2 Å². The molecule has 1 unspecified atom stereocenters. The van der Waals surface area contributed by atoms with Crippen molar-refractivity contribution >= 4 is 32.6 Å². The van der Waals surface area contributed by atoms with Gasteiger partial charge in [0, 0.05) is 12.2 Å². The number of hydrogen-bond acceptors (Lipinski definition) is 4. The Hall–Kier alpha value is -2.52. The average Bonchev–Trinajstić information content (AvgIpc) is 3.34. The smallest absolute Gasteiger partial charge is 0.376 e. The first kappa shape index (κ1) is 19.8. The second-order valence-corrected chi connectivity index (χ2v) is 7.75. The van der Waals surface area contributed by atoms with Crippen LogP contribution in [-0.4, -0.2) is 30.1 Å². The van der Waals surface area contributed by atoms with Crippen molar-refractivity contribution in [2.75, 3.05) is 18.1 Å².